The highest BCUT2D eigenvalue weighted by Gasteiger charge is 2.19. The average molecular weight is 301 g/mol. The van der Waals surface area contributed by atoms with Gasteiger partial charge < -0.3 is 14.7 Å². The Hall–Kier alpha value is -2.37. The zero-order valence-corrected chi connectivity index (χ0v) is 12.9. The topological polar surface area (TPSA) is 35.5 Å². The van der Waals surface area contributed by atoms with Gasteiger partial charge in [-0.25, -0.2) is 14.4 Å². The molecule has 0 amide bonds. The van der Waals surface area contributed by atoms with Crippen LogP contribution in [0.3, 0.4) is 0 Å². The molecule has 0 spiro atoms. The van der Waals surface area contributed by atoms with E-state index in [-0.39, 0.29) is 5.82 Å². The van der Waals surface area contributed by atoms with Crippen molar-refractivity contribution in [3.63, 3.8) is 0 Å². The highest BCUT2D eigenvalue weighted by atomic mass is 19.1. The van der Waals surface area contributed by atoms with Gasteiger partial charge in [0.15, 0.2) is 0 Å². The third-order valence-electron chi connectivity index (χ3n) is 3.89. The van der Waals surface area contributed by atoms with Crippen LogP contribution >= 0.6 is 0 Å². The first-order valence-corrected chi connectivity index (χ1v) is 7.38. The Morgan fingerprint density at radius 2 is 1.59 bits per heavy atom. The summed E-state index contributed by atoms with van der Waals surface area (Å²) >= 11 is 0. The molecule has 1 saturated heterocycles. The van der Waals surface area contributed by atoms with Crippen molar-refractivity contribution < 1.29 is 4.39 Å². The minimum Gasteiger partial charge on any atom is -0.368 e. The molecule has 2 heterocycles. The van der Waals surface area contributed by atoms with Crippen LogP contribution in [0.2, 0.25) is 0 Å². The summed E-state index contributed by atoms with van der Waals surface area (Å²) in [6.07, 6.45) is 1.61. The maximum atomic E-state index is 13.0. The zero-order valence-electron chi connectivity index (χ0n) is 12.9. The van der Waals surface area contributed by atoms with E-state index in [1.807, 2.05) is 37.2 Å². The molecule has 1 aliphatic heterocycles. The van der Waals surface area contributed by atoms with E-state index in [0.29, 0.717) is 0 Å². The fraction of sp³-hybridized carbons (Fsp3) is 0.375. The Morgan fingerprint density at radius 3 is 2.23 bits per heavy atom. The van der Waals surface area contributed by atoms with Crippen molar-refractivity contribution >= 4 is 17.3 Å². The fourth-order valence-electron chi connectivity index (χ4n) is 2.60. The maximum Gasteiger partial charge on any atom is 0.134 e. The number of piperazine rings is 1. The van der Waals surface area contributed by atoms with Crippen LogP contribution in [0.4, 0.5) is 21.7 Å². The summed E-state index contributed by atoms with van der Waals surface area (Å²) in [6.45, 7) is 3.57. The smallest absolute Gasteiger partial charge is 0.134 e. The lowest BCUT2D eigenvalue weighted by atomic mass is 10.2. The van der Waals surface area contributed by atoms with E-state index in [0.717, 1.165) is 43.5 Å². The van der Waals surface area contributed by atoms with Gasteiger partial charge in [0, 0.05) is 52.0 Å². The minimum atomic E-state index is -0.195. The van der Waals surface area contributed by atoms with Crippen LogP contribution in [0.5, 0.6) is 0 Å². The van der Waals surface area contributed by atoms with Gasteiger partial charge in [0.2, 0.25) is 0 Å². The molecule has 3 rings (SSSR count). The van der Waals surface area contributed by atoms with Gasteiger partial charge in [-0.05, 0) is 24.3 Å². The molecule has 1 aromatic carbocycles. The Labute approximate surface area is 130 Å². The highest BCUT2D eigenvalue weighted by molar-refractivity contribution is 5.52. The van der Waals surface area contributed by atoms with E-state index < -0.39 is 0 Å². The Bertz CT molecular complexity index is 621. The third-order valence-corrected chi connectivity index (χ3v) is 3.89. The maximum absolute atomic E-state index is 13.0. The van der Waals surface area contributed by atoms with Crippen LogP contribution in [0, 0.1) is 5.82 Å². The molecular weight excluding hydrogens is 281 g/mol. The first-order chi connectivity index (χ1) is 10.6. The SMILES string of the molecule is CN(C)c1cc(N2CCN(c3ccc(F)cc3)CC2)ncn1. The normalized spacial score (nSPS) is 15.0. The molecule has 22 heavy (non-hydrogen) atoms. The van der Waals surface area contributed by atoms with E-state index in [9.17, 15) is 4.39 Å². The third kappa shape index (κ3) is 3.10. The molecule has 0 atom stereocenters. The van der Waals surface area contributed by atoms with Gasteiger partial charge in [-0.3, -0.25) is 0 Å². The lowest BCUT2D eigenvalue weighted by molar-refractivity contribution is 0.624. The first-order valence-electron chi connectivity index (χ1n) is 7.38. The predicted molar refractivity (Wildman–Crippen MR) is 87.2 cm³/mol. The summed E-state index contributed by atoms with van der Waals surface area (Å²) in [4.78, 5) is 15.1. The minimum absolute atomic E-state index is 0.195. The number of nitrogens with zero attached hydrogens (tertiary/aromatic N) is 5. The summed E-state index contributed by atoms with van der Waals surface area (Å²) in [5, 5.41) is 0. The molecule has 5 nitrogen and oxygen atoms in total. The van der Waals surface area contributed by atoms with Gasteiger partial charge in [-0.1, -0.05) is 0 Å². The number of aromatic nitrogens is 2. The molecule has 6 heteroatoms. The van der Waals surface area contributed by atoms with Crippen LogP contribution in [-0.2, 0) is 0 Å². The lowest BCUT2D eigenvalue weighted by Gasteiger charge is -2.36. The number of benzene rings is 1. The van der Waals surface area contributed by atoms with Gasteiger partial charge >= 0.3 is 0 Å². The molecule has 0 radical (unpaired) electrons. The van der Waals surface area contributed by atoms with E-state index in [4.69, 9.17) is 0 Å². The highest BCUT2D eigenvalue weighted by Crippen LogP contribution is 2.21. The van der Waals surface area contributed by atoms with E-state index in [1.54, 1.807) is 6.33 Å². The van der Waals surface area contributed by atoms with Crippen LogP contribution < -0.4 is 14.7 Å². The van der Waals surface area contributed by atoms with Crippen LogP contribution in [0.1, 0.15) is 0 Å². The summed E-state index contributed by atoms with van der Waals surface area (Å²) in [7, 11) is 3.94. The van der Waals surface area contributed by atoms with Crippen LogP contribution in [0.25, 0.3) is 0 Å². The van der Waals surface area contributed by atoms with Gasteiger partial charge in [-0.15, -0.1) is 0 Å². The summed E-state index contributed by atoms with van der Waals surface area (Å²) in [5.74, 6) is 1.67. The Balaban J connectivity index is 1.66. The molecule has 1 fully saturated rings. The van der Waals surface area contributed by atoms with E-state index in [2.05, 4.69) is 19.8 Å². The van der Waals surface area contributed by atoms with E-state index in [1.165, 1.54) is 12.1 Å². The Morgan fingerprint density at radius 1 is 0.955 bits per heavy atom. The lowest BCUT2D eigenvalue weighted by Crippen LogP contribution is -2.46. The molecule has 116 valence electrons. The molecule has 0 saturated carbocycles. The number of hydrogen-bond acceptors (Lipinski definition) is 5. The summed E-state index contributed by atoms with van der Waals surface area (Å²) < 4.78 is 13.0. The van der Waals surface area contributed by atoms with Crippen molar-refractivity contribution in [2.24, 2.45) is 0 Å². The second-order valence-corrected chi connectivity index (χ2v) is 5.58. The molecule has 0 unspecified atom stereocenters. The van der Waals surface area contributed by atoms with Crippen LogP contribution in [0.15, 0.2) is 36.7 Å². The Kier molecular flexibility index (Phi) is 4.09. The summed E-state index contributed by atoms with van der Waals surface area (Å²) in [6, 6.07) is 8.69. The van der Waals surface area contributed by atoms with Crippen molar-refractivity contribution in [3.05, 3.63) is 42.5 Å². The van der Waals surface area contributed by atoms with Gasteiger partial charge in [0.25, 0.3) is 0 Å². The molecule has 0 aliphatic carbocycles. The molecule has 1 aromatic heterocycles. The second-order valence-electron chi connectivity index (χ2n) is 5.58. The van der Waals surface area contributed by atoms with Crippen molar-refractivity contribution in [2.45, 2.75) is 0 Å². The van der Waals surface area contributed by atoms with Crippen molar-refractivity contribution in [3.8, 4) is 0 Å². The quantitative estimate of drug-likeness (QED) is 0.866. The monoisotopic (exact) mass is 301 g/mol. The average Bonchev–Trinajstić information content (AvgIpc) is 2.56. The van der Waals surface area contributed by atoms with E-state index >= 15 is 0 Å². The number of hydrogen-bond donors (Lipinski definition) is 0. The molecule has 2 aromatic rings. The second kappa shape index (κ2) is 6.17. The number of anilines is 3. The van der Waals surface area contributed by atoms with Crippen molar-refractivity contribution in [1.82, 2.24) is 9.97 Å². The molecule has 0 bridgehead atoms. The van der Waals surface area contributed by atoms with Gasteiger partial charge in [0.05, 0.1) is 0 Å². The van der Waals surface area contributed by atoms with Crippen molar-refractivity contribution in [1.29, 1.82) is 0 Å². The first kappa shape index (κ1) is 14.6. The largest absolute Gasteiger partial charge is 0.368 e. The molecule has 0 N–H and O–H groups in total. The van der Waals surface area contributed by atoms with Gasteiger partial charge in [0.1, 0.15) is 23.8 Å². The van der Waals surface area contributed by atoms with Crippen molar-refractivity contribution in [2.75, 3.05) is 55.0 Å². The number of rotatable bonds is 3. The summed E-state index contributed by atoms with van der Waals surface area (Å²) in [5.41, 5.74) is 1.07. The zero-order chi connectivity index (χ0) is 15.5. The van der Waals surface area contributed by atoms with Crippen LogP contribution in [-0.4, -0.2) is 50.2 Å². The number of halogens is 1. The molecule has 1 aliphatic rings. The molecular formula is C16H20FN5. The van der Waals surface area contributed by atoms with Gasteiger partial charge in [-0.2, -0.15) is 0 Å². The fourth-order valence-corrected chi connectivity index (χ4v) is 2.60. The standard InChI is InChI=1S/C16H20FN5/c1-20(2)15-11-16(19-12-18-15)22-9-7-21(8-10-22)14-5-3-13(17)4-6-14/h3-6,11-12H,7-10H2,1-2H3. The predicted octanol–water partition coefficient (Wildman–Crippen LogP) is 2.01.